The summed E-state index contributed by atoms with van der Waals surface area (Å²) in [5.74, 6) is -0.0483. The van der Waals surface area contributed by atoms with Crippen LogP contribution in [0, 0.1) is 6.92 Å². The largest absolute Gasteiger partial charge is 0.350 e. The molecule has 3 aromatic rings. The minimum Gasteiger partial charge on any atom is -0.350 e. The molecule has 6 heteroatoms. The number of aryl methyl sites for hydroxylation is 1. The lowest BCUT2D eigenvalue weighted by atomic mass is 10.2. The summed E-state index contributed by atoms with van der Waals surface area (Å²) in [6, 6.07) is 5.79. The number of ketones is 1. The number of imidazole rings is 1. The number of nitrogens with one attached hydrogen (secondary N) is 1. The lowest BCUT2D eigenvalue weighted by molar-refractivity contribution is -0.120. The molecule has 0 unspecified atom stereocenters. The number of thiophene rings is 1. The summed E-state index contributed by atoms with van der Waals surface area (Å²) in [5, 5.41) is 4.72. The van der Waals surface area contributed by atoms with Gasteiger partial charge in [0.2, 0.25) is 5.91 Å². The van der Waals surface area contributed by atoms with Gasteiger partial charge in [0, 0.05) is 12.4 Å². The Morgan fingerprint density at radius 2 is 2.17 bits per heavy atom. The van der Waals surface area contributed by atoms with Gasteiger partial charge in [0.25, 0.3) is 0 Å². The van der Waals surface area contributed by atoms with Crippen molar-refractivity contribution in [3.63, 3.8) is 0 Å². The molecule has 3 heterocycles. The van der Waals surface area contributed by atoms with Gasteiger partial charge in [-0.25, -0.2) is 4.98 Å². The van der Waals surface area contributed by atoms with E-state index in [9.17, 15) is 9.59 Å². The summed E-state index contributed by atoms with van der Waals surface area (Å²) in [6.07, 6.45) is 4.14. The second-order valence-corrected chi connectivity index (χ2v) is 6.44. The maximum Gasteiger partial charge on any atom is 0.224 e. The van der Waals surface area contributed by atoms with Crippen molar-refractivity contribution >= 4 is 28.7 Å². The summed E-state index contributed by atoms with van der Waals surface area (Å²) >= 11 is 1.37. The van der Waals surface area contributed by atoms with Gasteiger partial charge in [-0.3, -0.25) is 9.59 Å². The predicted octanol–water partition coefficient (Wildman–Crippen LogP) is 2.77. The third-order valence-electron chi connectivity index (χ3n) is 3.50. The van der Waals surface area contributed by atoms with Gasteiger partial charge >= 0.3 is 0 Å². The summed E-state index contributed by atoms with van der Waals surface area (Å²) in [4.78, 5) is 28.4. The van der Waals surface area contributed by atoms with Gasteiger partial charge in [0.05, 0.1) is 23.5 Å². The Balaban J connectivity index is 1.60. The average Bonchev–Trinajstić information content (AvgIpc) is 3.11. The van der Waals surface area contributed by atoms with Gasteiger partial charge in [-0.15, -0.1) is 11.3 Å². The first kappa shape index (κ1) is 15.4. The fourth-order valence-electron chi connectivity index (χ4n) is 2.31. The van der Waals surface area contributed by atoms with Crippen LogP contribution in [-0.2, 0) is 17.8 Å². The molecule has 0 fully saturated rings. The number of fused-ring (bicyclic) bond motifs is 1. The molecule has 0 saturated carbocycles. The van der Waals surface area contributed by atoms with Crippen LogP contribution in [0.5, 0.6) is 0 Å². The van der Waals surface area contributed by atoms with Crippen molar-refractivity contribution in [3.05, 3.63) is 57.7 Å². The molecular formula is C17H17N3O2S. The Kier molecular flexibility index (Phi) is 4.25. The lowest BCUT2D eigenvalue weighted by Gasteiger charge is -2.01. The van der Waals surface area contributed by atoms with Gasteiger partial charge in [0.1, 0.15) is 5.65 Å². The normalized spacial score (nSPS) is 10.9. The van der Waals surface area contributed by atoms with Crippen LogP contribution >= 0.6 is 11.3 Å². The SMILES string of the molecule is CC(=O)c1cc(CC(=O)NCc2cn3ccc(C)cc3n2)cs1. The van der Waals surface area contributed by atoms with E-state index in [-0.39, 0.29) is 18.1 Å². The Bertz CT molecular complexity index is 879. The molecule has 0 aliphatic carbocycles. The minimum atomic E-state index is -0.0776. The third-order valence-corrected chi connectivity index (χ3v) is 4.58. The Hall–Kier alpha value is -2.47. The number of carbonyl (C=O) groups excluding carboxylic acids is 2. The van der Waals surface area contributed by atoms with Crippen molar-refractivity contribution < 1.29 is 9.59 Å². The zero-order chi connectivity index (χ0) is 16.4. The number of rotatable bonds is 5. The fourth-order valence-corrected chi connectivity index (χ4v) is 3.13. The molecule has 1 N–H and O–H groups in total. The molecule has 0 saturated heterocycles. The van der Waals surface area contributed by atoms with Crippen molar-refractivity contribution in [1.82, 2.24) is 14.7 Å². The first-order valence-electron chi connectivity index (χ1n) is 7.30. The molecule has 3 rings (SSSR count). The van der Waals surface area contributed by atoms with Crippen LogP contribution in [0.2, 0.25) is 0 Å². The zero-order valence-corrected chi connectivity index (χ0v) is 13.8. The number of pyridine rings is 1. The Morgan fingerprint density at radius 3 is 2.91 bits per heavy atom. The van der Waals surface area contributed by atoms with Crippen LogP contribution in [0.3, 0.4) is 0 Å². The lowest BCUT2D eigenvalue weighted by Crippen LogP contribution is -2.24. The van der Waals surface area contributed by atoms with E-state index in [0.717, 1.165) is 22.5 Å². The molecular weight excluding hydrogens is 310 g/mol. The monoisotopic (exact) mass is 327 g/mol. The van der Waals surface area contributed by atoms with Crippen molar-refractivity contribution in [1.29, 1.82) is 0 Å². The highest BCUT2D eigenvalue weighted by Crippen LogP contribution is 2.15. The number of aromatic nitrogens is 2. The standard InChI is InChI=1S/C17H17N3O2S/c1-11-3-4-20-9-14(19-16(20)5-11)8-18-17(22)7-13-6-15(12(2)21)23-10-13/h3-6,9-10H,7-8H2,1-2H3,(H,18,22). The molecule has 3 aromatic heterocycles. The number of amides is 1. The highest BCUT2D eigenvalue weighted by atomic mass is 32.1. The van der Waals surface area contributed by atoms with Crippen LogP contribution < -0.4 is 5.32 Å². The second kappa shape index (κ2) is 6.34. The summed E-state index contributed by atoms with van der Waals surface area (Å²) < 4.78 is 1.94. The Labute approximate surface area is 138 Å². The minimum absolute atomic E-state index is 0.0293. The highest BCUT2D eigenvalue weighted by Gasteiger charge is 2.09. The molecule has 0 spiro atoms. The van der Waals surface area contributed by atoms with Crippen LogP contribution in [0.4, 0.5) is 0 Å². The smallest absolute Gasteiger partial charge is 0.224 e. The molecule has 0 bridgehead atoms. The molecule has 0 radical (unpaired) electrons. The first-order valence-corrected chi connectivity index (χ1v) is 8.18. The van der Waals surface area contributed by atoms with E-state index < -0.39 is 0 Å². The maximum atomic E-state index is 12.0. The van der Waals surface area contributed by atoms with Crippen molar-refractivity contribution in [2.75, 3.05) is 0 Å². The van der Waals surface area contributed by atoms with Gasteiger partial charge in [-0.2, -0.15) is 0 Å². The Morgan fingerprint density at radius 1 is 1.35 bits per heavy atom. The van der Waals surface area contributed by atoms with E-state index in [1.807, 2.05) is 41.2 Å². The number of hydrogen-bond donors (Lipinski definition) is 1. The molecule has 23 heavy (non-hydrogen) atoms. The number of hydrogen-bond acceptors (Lipinski definition) is 4. The van der Waals surface area contributed by atoms with E-state index in [1.54, 1.807) is 6.07 Å². The molecule has 0 aliphatic heterocycles. The predicted molar refractivity (Wildman–Crippen MR) is 89.8 cm³/mol. The second-order valence-electron chi connectivity index (χ2n) is 5.53. The van der Waals surface area contributed by atoms with E-state index >= 15 is 0 Å². The van der Waals surface area contributed by atoms with Crippen LogP contribution in [0.25, 0.3) is 5.65 Å². The number of Topliss-reactive ketones (excluding diaryl/α,β-unsaturated/α-hetero) is 1. The maximum absolute atomic E-state index is 12.0. The van der Waals surface area contributed by atoms with Crippen molar-refractivity contribution in [2.24, 2.45) is 0 Å². The van der Waals surface area contributed by atoms with Gasteiger partial charge in [-0.05, 0) is 48.6 Å². The third kappa shape index (κ3) is 3.65. The molecule has 1 amide bonds. The highest BCUT2D eigenvalue weighted by molar-refractivity contribution is 7.12. The van der Waals surface area contributed by atoms with E-state index in [1.165, 1.54) is 18.3 Å². The van der Waals surface area contributed by atoms with E-state index in [2.05, 4.69) is 10.3 Å². The topological polar surface area (TPSA) is 63.5 Å². The summed E-state index contributed by atoms with van der Waals surface area (Å²) in [7, 11) is 0. The van der Waals surface area contributed by atoms with Crippen LogP contribution in [0.1, 0.15) is 33.4 Å². The summed E-state index contributed by atoms with van der Waals surface area (Å²) in [5.41, 5.74) is 3.71. The van der Waals surface area contributed by atoms with E-state index in [0.29, 0.717) is 11.4 Å². The van der Waals surface area contributed by atoms with Crippen molar-refractivity contribution in [3.8, 4) is 0 Å². The quantitative estimate of drug-likeness (QED) is 0.733. The molecule has 0 atom stereocenters. The number of carbonyl (C=O) groups is 2. The van der Waals surface area contributed by atoms with Crippen LogP contribution in [-0.4, -0.2) is 21.1 Å². The summed E-state index contributed by atoms with van der Waals surface area (Å²) in [6.45, 7) is 3.94. The van der Waals surface area contributed by atoms with Crippen LogP contribution in [0.15, 0.2) is 36.0 Å². The molecule has 5 nitrogen and oxygen atoms in total. The first-order chi connectivity index (χ1) is 11.0. The molecule has 118 valence electrons. The average molecular weight is 327 g/mol. The molecule has 0 aliphatic rings. The number of nitrogens with zero attached hydrogens (tertiary/aromatic N) is 2. The van der Waals surface area contributed by atoms with Gasteiger partial charge in [0.15, 0.2) is 5.78 Å². The van der Waals surface area contributed by atoms with Crippen molar-refractivity contribution in [2.45, 2.75) is 26.8 Å². The van der Waals surface area contributed by atoms with Gasteiger partial charge < -0.3 is 9.72 Å². The fraction of sp³-hybridized carbons (Fsp3) is 0.235. The van der Waals surface area contributed by atoms with E-state index in [4.69, 9.17) is 0 Å². The molecule has 0 aromatic carbocycles. The van der Waals surface area contributed by atoms with Gasteiger partial charge in [-0.1, -0.05) is 0 Å². The zero-order valence-electron chi connectivity index (χ0n) is 13.0.